The van der Waals surface area contributed by atoms with Crippen LogP contribution in [0.4, 0.5) is 0 Å². The van der Waals surface area contributed by atoms with Gasteiger partial charge >= 0.3 is 0 Å². The second-order valence-electron chi connectivity index (χ2n) is 14.7. The van der Waals surface area contributed by atoms with Gasteiger partial charge in [0.2, 0.25) is 0 Å². The number of hydrogen-bond acceptors (Lipinski definition) is 2. The first-order valence-corrected chi connectivity index (χ1v) is 16.2. The molecule has 0 saturated heterocycles. The summed E-state index contributed by atoms with van der Waals surface area (Å²) >= 11 is 0. The van der Waals surface area contributed by atoms with Crippen LogP contribution in [0.15, 0.2) is 106 Å². The van der Waals surface area contributed by atoms with E-state index in [1.807, 2.05) is 6.08 Å². The van der Waals surface area contributed by atoms with E-state index >= 15 is 0 Å². The molecule has 1 saturated carbocycles. The molecule has 0 aromatic carbocycles. The van der Waals surface area contributed by atoms with Gasteiger partial charge in [-0.2, -0.15) is 0 Å². The van der Waals surface area contributed by atoms with Gasteiger partial charge in [-0.15, -0.1) is 0 Å². The highest BCUT2D eigenvalue weighted by Gasteiger charge is 2.35. The molecule has 0 heterocycles. The number of hydrogen-bond donors (Lipinski definition) is 2. The second kappa shape index (κ2) is 14.8. The average molecular weight is 571 g/mol. The molecule has 42 heavy (non-hydrogen) atoms. The van der Waals surface area contributed by atoms with Gasteiger partial charge in [0, 0.05) is 5.92 Å². The van der Waals surface area contributed by atoms with E-state index in [0.29, 0.717) is 5.92 Å². The van der Waals surface area contributed by atoms with E-state index < -0.39 is 0 Å². The Labute approximate surface area is 257 Å². The Morgan fingerprint density at radius 1 is 0.881 bits per heavy atom. The first-order chi connectivity index (χ1) is 19.7. The van der Waals surface area contributed by atoms with Crippen LogP contribution in [-0.2, 0) is 0 Å². The van der Waals surface area contributed by atoms with Crippen molar-refractivity contribution >= 4 is 0 Å². The maximum Gasteiger partial charge on any atom is 0.0729 e. The molecule has 0 bridgehead atoms. The van der Waals surface area contributed by atoms with Gasteiger partial charge in [-0.05, 0) is 101 Å². The zero-order valence-electron chi connectivity index (χ0n) is 28.0. The fourth-order valence-electron chi connectivity index (χ4n) is 7.05. The van der Waals surface area contributed by atoms with Crippen molar-refractivity contribution < 1.29 is 10.2 Å². The van der Waals surface area contributed by atoms with Crippen molar-refractivity contribution in [2.45, 2.75) is 113 Å². The molecular formula is C40H58O2. The summed E-state index contributed by atoms with van der Waals surface area (Å²) < 4.78 is 0. The molecule has 230 valence electrons. The van der Waals surface area contributed by atoms with Crippen LogP contribution in [0.25, 0.3) is 0 Å². The van der Waals surface area contributed by atoms with Crippen LogP contribution >= 0.6 is 0 Å². The molecule has 0 aromatic heterocycles. The summed E-state index contributed by atoms with van der Waals surface area (Å²) in [6.07, 6.45) is 32.4. The zero-order chi connectivity index (χ0) is 31.1. The van der Waals surface area contributed by atoms with Crippen molar-refractivity contribution in [2.24, 2.45) is 28.6 Å². The third-order valence-corrected chi connectivity index (χ3v) is 9.48. The van der Waals surface area contributed by atoms with E-state index in [9.17, 15) is 10.2 Å². The minimum atomic E-state index is -0.314. The van der Waals surface area contributed by atoms with Crippen LogP contribution in [0.3, 0.4) is 0 Å². The molecule has 5 atom stereocenters. The fraction of sp³-hybridized carbons (Fsp3) is 0.550. The van der Waals surface area contributed by atoms with E-state index in [4.69, 9.17) is 0 Å². The molecule has 3 aliphatic rings. The van der Waals surface area contributed by atoms with Gasteiger partial charge in [0.25, 0.3) is 0 Å². The van der Waals surface area contributed by atoms with Crippen LogP contribution in [0, 0.1) is 28.6 Å². The predicted molar refractivity (Wildman–Crippen MR) is 182 cm³/mol. The lowest BCUT2D eigenvalue weighted by molar-refractivity contribution is 0.116. The first kappa shape index (κ1) is 34.1. The second-order valence-corrected chi connectivity index (χ2v) is 14.7. The van der Waals surface area contributed by atoms with Gasteiger partial charge < -0.3 is 10.2 Å². The lowest BCUT2D eigenvalue weighted by Gasteiger charge is -2.38. The molecule has 2 heteroatoms. The van der Waals surface area contributed by atoms with Gasteiger partial charge in [-0.1, -0.05) is 128 Å². The number of aliphatic hydroxyl groups excluding tert-OH is 2. The van der Waals surface area contributed by atoms with E-state index in [2.05, 4.69) is 129 Å². The lowest BCUT2D eigenvalue weighted by atomic mass is 9.67. The molecule has 1 fully saturated rings. The van der Waals surface area contributed by atoms with Gasteiger partial charge in [-0.25, -0.2) is 0 Å². The zero-order valence-corrected chi connectivity index (χ0v) is 28.0. The Bertz CT molecular complexity index is 1220. The summed E-state index contributed by atoms with van der Waals surface area (Å²) in [4.78, 5) is 0. The molecule has 0 amide bonds. The monoisotopic (exact) mass is 570 g/mol. The van der Waals surface area contributed by atoms with Crippen LogP contribution in [0.5, 0.6) is 0 Å². The molecule has 2 N–H and O–H groups in total. The van der Waals surface area contributed by atoms with Gasteiger partial charge in [0.15, 0.2) is 0 Å². The topological polar surface area (TPSA) is 40.5 Å². The van der Waals surface area contributed by atoms with Crippen molar-refractivity contribution in [1.29, 1.82) is 0 Å². The van der Waals surface area contributed by atoms with E-state index in [1.165, 1.54) is 46.3 Å². The summed E-state index contributed by atoms with van der Waals surface area (Å²) in [5.74, 6) is 1.91. The van der Waals surface area contributed by atoms with Crippen molar-refractivity contribution in [1.82, 2.24) is 0 Å². The van der Waals surface area contributed by atoms with Crippen molar-refractivity contribution in [3.8, 4) is 0 Å². The Morgan fingerprint density at radius 3 is 2.26 bits per heavy atom. The van der Waals surface area contributed by atoms with E-state index in [1.54, 1.807) is 0 Å². The maximum absolute atomic E-state index is 10.1. The summed E-state index contributed by atoms with van der Waals surface area (Å²) in [7, 11) is 0. The molecule has 0 spiro atoms. The SMILES string of the molecule is CC1=C[C@H](O)CC(C)(C)[C@H]1/C=C/C(C)=C/C=C/C1CC1CC/C=C(C)/C=C/C=C(C)/C=C/C1=C(C)C[C@H](O)CC1(C)C. The van der Waals surface area contributed by atoms with E-state index in [0.717, 1.165) is 37.5 Å². The summed E-state index contributed by atoms with van der Waals surface area (Å²) in [5, 5.41) is 20.2. The first-order valence-electron chi connectivity index (χ1n) is 16.2. The smallest absolute Gasteiger partial charge is 0.0729 e. The number of allylic oxidation sites excluding steroid dienone is 16. The third-order valence-electron chi connectivity index (χ3n) is 9.48. The van der Waals surface area contributed by atoms with Crippen LogP contribution in [0.1, 0.15) is 101 Å². The molecular weight excluding hydrogens is 512 g/mol. The minimum absolute atomic E-state index is 0.0206. The number of rotatable bonds is 11. The van der Waals surface area contributed by atoms with Gasteiger partial charge in [0.05, 0.1) is 12.2 Å². The van der Waals surface area contributed by atoms with Crippen LogP contribution < -0.4 is 0 Å². The Balaban J connectivity index is 1.41. The highest BCUT2D eigenvalue weighted by molar-refractivity contribution is 5.37. The summed E-state index contributed by atoms with van der Waals surface area (Å²) in [6, 6.07) is 0. The normalized spacial score (nSPS) is 30.8. The number of aliphatic hydroxyl groups is 2. The summed E-state index contributed by atoms with van der Waals surface area (Å²) in [6.45, 7) is 19.8. The van der Waals surface area contributed by atoms with Crippen molar-refractivity contribution in [3.05, 3.63) is 106 Å². The van der Waals surface area contributed by atoms with Crippen LogP contribution in [-0.4, -0.2) is 22.4 Å². The van der Waals surface area contributed by atoms with Gasteiger partial charge in [0.1, 0.15) is 0 Å². The quantitative estimate of drug-likeness (QED) is 0.192. The predicted octanol–water partition coefficient (Wildman–Crippen LogP) is 10.3. The highest BCUT2D eigenvalue weighted by Crippen LogP contribution is 2.44. The minimum Gasteiger partial charge on any atom is -0.393 e. The molecule has 2 unspecified atom stereocenters. The Kier molecular flexibility index (Phi) is 12.0. The molecule has 0 aromatic rings. The van der Waals surface area contributed by atoms with Crippen molar-refractivity contribution in [3.63, 3.8) is 0 Å². The average Bonchev–Trinajstić information content (AvgIpc) is 3.59. The largest absolute Gasteiger partial charge is 0.393 e. The Hall–Kier alpha value is -2.42. The molecule has 3 aliphatic carbocycles. The van der Waals surface area contributed by atoms with Gasteiger partial charge in [-0.3, -0.25) is 0 Å². The lowest BCUT2D eigenvalue weighted by Crippen LogP contribution is -2.32. The third kappa shape index (κ3) is 10.4. The maximum atomic E-state index is 10.1. The standard InChI is InChI=1S/C40H58O2/c1-28(13-10-14-29(2)19-21-37-31(4)23-35(41)26-39(37,6)7)15-11-17-33-25-34(33)18-12-16-30(3)20-22-38-32(5)24-36(42)27-40(38,8)9/h10,12-16,18-22,24,33-36,38,41-42H,11,17,23,25-27H2,1-9H3/b13-10+,18-12+,21-19+,22-20+,28-15+,29-14+,30-16+/t33?,34?,35-,36-,38-/m0/s1. The Morgan fingerprint density at radius 2 is 1.57 bits per heavy atom. The summed E-state index contributed by atoms with van der Waals surface area (Å²) in [5.41, 5.74) is 7.87. The highest BCUT2D eigenvalue weighted by atomic mass is 16.3. The fourth-order valence-corrected chi connectivity index (χ4v) is 7.05. The molecule has 2 nitrogen and oxygen atoms in total. The molecule has 3 rings (SSSR count). The van der Waals surface area contributed by atoms with Crippen LogP contribution in [0.2, 0.25) is 0 Å². The van der Waals surface area contributed by atoms with Crippen molar-refractivity contribution in [2.75, 3.05) is 0 Å². The molecule has 0 radical (unpaired) electrons. The van der Waals surface area contributed by atoms with E-state index in [-0.39, 0.29) is 23.0 Å². The molecule has 0 aliphatic heterocycles.